The summed E-state index contributed by atoms with van der Waals surface area (Å²) < 4.78 is 5.34. The number of thiophene rings is 1. The van der Waals surface area contributed by atoms with Crippen molar-refractivity contribution in [2.24, 2.45) is 0 Å². The summed E-state index contributed by atoms with van der Waals surface area (Å²) in [4.78, 5) is 49.3. The highest BCUT2D eigenvalue weighted by Crippen LogP contribution is 2.34. The zero-order chi connectivity index (χ0) is 17.3. The maximum atomic E-state index is 12.4. The van der Waals surface area contributed by atoms with Crippen molar-refractivity contribution in [2.45, 2.75) is 31.2 Å². The van der Waals surface area contributed by atoms with Crippen LogP contribution in [0.3, 0.4) is 0 Å². The lowest BCUT2D eigenvalue weighted by Crippen LogP contribution is -2.44. The first-order chi connectivity index (χ1) is 11.4. The Hall–Kier alpha value is -1.93. The number of Topliss-reactive ketones (excluding diaryl/α,β-unsaturated/α-hetero) is 1. The lowest BCUT2D eigenvalue weighted by molar-refractivity contribution is -0.146. The Morgan fingerprint density at radius 2 is 2.00 bits per heavy atom. The van der Waals surface area contributed by atoms with Crippen LogP contribution in [0.25, 0.3) is 0 Å². The van der Waals surface area contributed by atoms with E-state index in [0.717, 1.165) is 29.1 Å². The molecule has 2 aliphatic rings. The predicted molar refractivity (Wildman–Crippen MR) is 86.1 cm³/mol. The van der Waals surface area contributed by atoms with Crippen LogP contribution in [0, 0.1) is 0 Å². The molecule has 0 atom stereocenters. The number of ketones is 1. The van der Waals surface area contributed by atoms with Crippen LogP contribution in [0.15, 0.2) is 12.1 Å². The van der Waals surface area contributed by atoms with Crippen LogP contribution in [0.5, 0.6) is 0 Å². The summed E-state index contributed by atoms with van der Waals surface area (Å²) in [6, 6.07) is 2.54. The van der Waals surface area contributed by atoms with E-state index in [9.17, 15) is 19.2 Å². The molecule has 128 valence electrons. The van der Waals surface area contributed by atoms with Gasteiger partial charge in [0.15, 0.2) is 6.61 Å². The molecule has 9 heteroatoms. The van der Waals surface area contributed by atoms with E-state index in [1.165, 1.54) is 0 Å². The summed E-state index contributed by atoms with van der Waals surface area (Å²) in [7, 11) is 0. The van der Waals surface area contributed by atoms with Gasteiger partial charge < -0.3 is 10.1 Å². The topological polar surface area (TPSA) is 92.8 Å². The summed E-state index contributed by atoms with van der Waals surface area (Å²) >= 11 is 6.83. The fraction of sp³-hybridized carbons (Fsp3) is 0.467. The van der Waals surface area contributed by atoms with Gasteiger partial charge >= 0.3 is 12.0 Å². The van der Waals surface area contributed by atoms with Gasteiger partial charge in [-0.2, -0.15) is 0 Å². The highest BCUT2D eigenvalue weighted by molar-refractivity contribution is 7.18. The number of hydrogen-bond acceptors (Lipinski definition) is 6. The molecular formula is C15H15ClN2O5S. The van der Waals surface area contributed by atoms with Crippen molar-refractivity contribution in [1.82, 2.24) is 10.2 Å². The molecule has 3 rings (SSSR count). The monoisotopic (exact) mass is 370 g/mol. The Labute approximate surface area is 146 Å². The molecule has 0 aromatic carbocycles. The first-order valence-corrected chi connectivity index (χ1v) is 8.69. The lowest BCUT2D eigenvalue weighted by atomic mass is 9.98. The number of carbonyl (C=O) groups is 4. The van der Waals surface area contributed by atoms with Crippen molar-refractivity contribution in [2.75, 3.05) is 13.2 Å². The first kappa shape index (κ1) is 16.9. The number of hydrogen-bond donors (Lipinski definition) is 1. The van der Waals surface area contributed by atoms with Crippen LogP contribution < -0.4 is 5.32 Å². The molecule has 0 radical (unpaired) electrons. The smallest absolute Gasteiger partial charge is 0.326 e. The molecule has 1 aliphatic carbocycles. The van der Waals surface area contributed by atoms with Crippen molar-refractivity contribution in [3.05, 3.63) is 21.3 Å². The maximum Gasteiger partial charge on any atom is 0.326 e. The quantitative estimate of drug-likeness (QED) is 0.486. The van der Waals surface area contributed by atoms with Gasteiger partial charge in [-0.3, -0.25) is 19.3 Å². The third-order valence-electron chi connectivity index (χ3n) is 4.20. The van der Waals surface area contributed by atoms with Crippen molar-refractivity contribution in [1.29, 1.82) is 0 Å². The van der Waals surface area contributed by atoms with Crippen molar-refractivity contribution in [3.8, 4) is 0 Å². The number of imide groups is 1. The Balaban J connectivity index is 1.54. The van der Waals surface area contributed by atoms with E-state index in [0.29, 0.717) is 22.1 Å². The number of halogens is 1. The fourth-order valence-electron chi connectivity index (χ4n) is 2.99. The minimum absolute atomic E-state index is 0.382. The molecule has 0 bridgehead atoms. The molecule has 1 spiro atoms. The molecule has 2 heterocycles. The summed E-state index contributed by atoms with van der Waals surface area (Å²) in [5, 5.41) is 2.68. The zero-order valence-corrected chi connectivity index (χ0v) is 14.2. The maximum absolute atomic E-state index is 12.4. The summed E-state index contributed by atoms with van der Waals surface area (Å²) in [6.45, 7) is -0.949. The van der Waals surface area contributed by atoms with Gasteiger partial charge in [-0.15, -0.1) is 11.3 Å². The lowest BCUT2D eigenvalue weighted by Gasteiger charge is -2.19. The van der Waals surface area contributed by atoms with Gasteiger partial charge in [-0.05, 0) is 25.0 Å². The normalized spacial score (nSPS) is 19.0. The highest BCUT2D eigenvalue weighted by atomic mass is 35.5. The largest absolute Gasteiger partial charge is 0.456 e. The molecule has 1 saturated carbocycles. The molecule has 1 aliphatic heterocycles. The molecule has 1 saturated heterocycles. The molecule has 1 N–H and O–H groups in total. The van der Waals surface area contributed by atoms with Crippen LogP contribution in [0.1, 0.15) is 35.4 Å². The molecule has 1 aromatic heterocycles. The minimum atomic E-state index is -0.860. The van der Waals surface area contributed by atoms with Gasteiger partial charge in [-0.25, -0.2) is 4.79 Å². The van der Waals surface area contributed by atoms with Crippen LogP contribution in [0.4, 0.5) is 4.79 Å². The van der Waals surface area contributed by atoms with Crippen LogP contribution >= 0.6 is 22.9 Å². The second-order valence-corrected chi connectivity index (χ2v) is 7.51. The second-order valence-electron chi connectivity index (χ2n) is 5.80. The first-order valence-electron chi connectivity index (χ1n) is 7.49. The number of esters is 1. The predicted octanol–water partition coefficient (Wildman–Crippen LogP) is 1.99. The molecule has 24 heavy (non-hydrogen) atoms. The number of nitrogens with zero attached hydrogens (tertiary/aromatic N) is 1. The minimum Gasteiger partial charge on any atom is -0.456 e. The van der Waals surface area contributed by atoms with Gasteiger partial charge in [-0.1, -0.05) is 24.4 Å². The number of urea groups is 1. The van der Waals surface area contributed by atoms with Gasteiger partial charge in [0, 0.05) is 0 Å². The van der Waals surface area contributed by atoms with Crippen LogP contribution in [-0.4, -0.2) is 47.3 Å². The number of ether oxygens (including phenoxy) is 1. The Morgan fingerprint density at radius 1 is 1.29 bits per heavy atom. The van der Waals surface area contributed by atoms with Crippen molar-refractivity contribution in [3.63, 3.8) is 0 Å². The number of amides is 3. The third-order valence-corrected chi connectivity index (χ3v) is 5.47. The van der Waals surface area contributed by atoms with Crippen molar-refractivity contribution < 1.29 is 23.9 Å². The van der Waals surface area contributed by atoms with E-state index in [1.54, 1.807) is 12.1 Å². The summed E-state index contributed by atoms with van der Waals surface area (Å²) in [5.41, 5.74) is -0.860. The van der Waals surface area contributed by atoms with Gasteiger partial charge in [0.1, 0.15) is 12.1 Å². The van der Waals surface area contributed by atoms with E-state index in [2.05, 4.69) is 5.32 Å². The fourth-order valence-corrected chi connectivity index (χ4v) is 3.96. The molecule has 0 unspecified atom stereocenters. The average Bonchev–Trinajstić information content (AvgIpc) is 3.23. The standard InChI is InChI=1S/C15H15ClN2O5S/c16-11-4-3-10(24-11)9(19)8-23-12(20)7-18-13(21)15(17-14(18)22)5-1-2-6-15/h3-4H,1-2,5-8H2,(H,17,22). The Bertz CT molecular complexity index is 710. The van der Waals surface area contributed by atoms with Crippen molar-refractivity contribution >= 4 is 46.6 Å². The van der Waals surface area contributed by atoms with Gasteiger partial charge in [0.25, 0.3) is 5.91 Å². The SMILES string of the molecule is O=C(CN1C(=O)NC2(CCCC2)C1=O)OCC(=O)c1ccc(Cl)s1. The molecule has 2 fully saturated rings. The van der Waals surface area contributed by atoms with E-state index < -0.39 is 36.6 Å². The van der Waals surface area contributed by atoms with E-state index >= 15 is 0 Å². The Morgan fingerprint density at radius 3 is 2.62 bits per heavy atom. The average molecular weight is 371 g/mol. The molecular weight excluding hydrogens is 356 g/mol. The second kappa shape index (κ2) is 6.52. The number of carbonyl (C=O) groups excluding carboxylic acids is 4. The van der Waals surface area contributed by atoms with Crippen LogP contribution in [-0.2, 0) is 14.3 Å². The molecule has 7 nitrogen and oxygen atoms in total. The summed E-state index contributed by atoms with van der Waals surface area (Å²) in [6.07, 6.45) is 2.89. The third kappa shape index (κ3) is 3.16. The van der Waals surface area contributed by atoms with E-state index in [-0.39, 0.29) is 5.78 Å². The zero-order valence-electron chi connectivity index (χ0n) is 12.7. The van der Waals surface area contributed by atoms with Gasteiger partial charge in [0.2, 0.25) is 5.78 Å². The molecule has 3 amide bonds. The number of rotatable bonds is 5. The van der Waals surface area contributed by atoms with Gasteiger partial charge in [0.05, 0.1) is 9.21 Å². The molecule has 1 aromatic rings. The van der Waals surface area contributed by atoms with E-state index in [4.69, 9.17) is 16.3 Å². The highest BCUT2D eigenvalue weighted by Gasteiger charge is 2.52. The van der Waals surface area contributed by atoms with Crippen LogP contribution in [0.2, 0.25) is 4.34 Å². The summed E-state index contributed by atoms with van der Waals surface area (Å²) in [5.74, 6) is -1.58. The Kier molecular flexibility index (Phi) is 4.60. The van der Waals surface area contributed by atoms with E-state index in [1.807, 2.05) is 0 Å². The number of nitrogens with one attached hydrogen (secondary N) is 1.